The molecule has 0 spiro atoms. The molecule has 4 heteroatoms. The monoisotopic (exact) mass is 444 g/mol. The minimum Gasteiger partial charge on any atom is -0.492 e. The van der Waals surface area contributed by atoms with Gasteiger partial charge in [-0.2, -0.15) is 0 Å². The van der Waals surface area contributed by atoms with Crippen LogP contribution in [-0.4, -0.2) is 16.2 Å². The van der Waals surface area contributed by atoms with Gasteiger partial charge in [-0.1, -0.05) is 72.8 Å². The van der Waals surface area contributed by atoms with E-state index in [2.05, 4.69) is 65.2 Å². The van der Waals surface area contributed by atoms with Gasteiger partial charge in [0.2, 0.25) is 0 Å². The summed E-state index contributed by atoms with van der Waals surface area (Å²) in [7, 11) is 0. The number of aromatic nitrogens is 2. The van der Waals surface area contributed by atoms with Crippen LogP contribution >= 0.6 is 0 Å². The normalized spacial score (nSPS) is 11.3. The summed E-state index contributed by atoms with van der Waals surface area (Å²) in [6, 6.07) is 37.2. The molecule has 0 radical (unpaired) electrons. The van der Waals surface area contributed by atoms with Crippen LogP contribution in [0.15, 0.2) is 109 Å². The van der Waals surface area contributed by atoms with Crippen LogP contribution in [0.2, 0.25) is 0 Å². The zero-order valence-corrected chi connectivity index (χ0v) is 18.7. The molecule has 4 nitrogen and oxygen atoms in total. The van der Waals surface area contributed by atoms with E-state index in [0.29, 0.717) is 19.8 Å². The lowest BCUT2D eigenvalue weighted by molar-refractivity contribution is 0.273. The first-order valence-corrected chi connectivity index (χ1v) is 11.5. The summed E-state index contributed by atoms with van der Waals surface area (Å²) in [5.41, 5.74) is 2.05. The van der Waals surface area contributed by atoms with E-state index < -0.39 is 0 Å². The molecule has 0 atom stereocenters. The molecule has 0 unspecified atom stereocenters. The van der Waals surface area contributed by atoms with Crippen molar-refractivity contribution in [1.82, 2.24) is 9.55 Å². The molecule has 0 saturated carbocycles. The van der Waals surface area contributed by atoms with E-state index >= 15 is 0 Å². The molecule has 0 aliphatic rings. The third-order valence-electron chi connectivity index (χ3n) is 6.13. The molecule has 0 N–H and O–H groups in total. The van der Waals surface area contributed by atoms with E-state index in [1.165, 1.54) is 16.2 Å². The fourth-order valence-electron chi connectivity index (χ4n) is 4.40. The van der Waals surface area contributed by atoms with Gasteiger partial charge < -0.3 is 14.0 Å². The van der Waals surface area contributed by atoms with Crippen molar-refractivity contribution < 1.29 is 9.47 Å². The van der Waals surface area contributed by atoms with Crippen LogP contribution < -0.4 is 9.47 Å². The van der Waals surface area contributed by atoms with Gasteiger partial charge in [-0.15, -0.1) is 0 Å². The molecule has 0 aliphatic heterocycles. The first-order valence-electron chi connectivity index (χ1n) is 11.5. The van der Waals surface area contributed by atoms with Crippen molar-refractivity contribution in [3.05, 3.63) is 115 Å². The van der Waals surface area contributed by atoms with Crippen LogP contribution in [0.1, 0.15) is 5.82 Å². The van der Waals surface area contributed by atoms with Crippen molar-refractivity contribution in [3.8, 4) is 11.5 Å². The van der Waals surface area contributed by atoms with Crippen molar-refractivity contribution in [2.75, 3.05) is 6.61 Å². The van der Waals surface area contributed by atoms with Crippen molar-refractivity contribution >= 4 is 32.6 Å². The predicted molar refractivity (Wildman–Crippen MR) is 137 cm³/mol. The second-order valence-electron chi connectivity index (χ2n) is 8.32. The minimum atomic E-state index is 0.392. The van der Waals surface area contributed by atoms with Crippen molar-refractivity contribution in [1.29, 1.82) is 0 Å². The summed E-state index contributed by atoms with van der Waals surface area (Å²) in [4.78, 5) is 4.84. The van der Waals surface area contributed by atoms with E-state index in [1.807, 2.05) is 48.5 Å². The molecule has 0 aliphatic carbocycles. The van der Waals surface area contributed by atoms with Gasteiger partial charge >= 0.3 is 0 Å². The lowest BCUT2D eigenvalue weighted by atomic mass is 10.1. The summed E-state index contributed by atoms with van der Waals surface area (Å²) >= 11 is 0. The maximum absolute atomic E-state index is 6.16. The van der Waals surface area contributed by atoms with Gasteiger partial charge in [-0.05, 0) is 57.9 Å². The van der Waals surface area contributed by atoms with Gasteiger partial charge in [0.05, 0.1) is 17.6 Å². The van der Waals surface area contributed by atoms with Gasteiger partial charge in [0.1, 0.15) is 30.5 Å². The Kier molecular flexibility index (Phi) is 5.32. The molecule has 6 rings (SSSR count). The van der Waals surface area contributed by atoms with Crippen molar-refractivity contribution in [2.45, 2.75) is 13.2 Å². The first kappa shape index (κ1) is 20.3. The third kappa shape index (κ3) is 4.06. The summed E-state index contributed by atoms with van der Waals surface area (Å²) in [6.07, 6.45) is 0. The molecule has 5 aromatic carbocycles. The Balaban J connectivity index is 1.20. The van der Waals surface area contributed by atoms with Crippen molar-refractivity contribution in [3.63, 3.8) is 0 Å². The number of benzene rings is 5. The number of imidazole rings is 1. The van der Waals surface area contributed by atoms with Crippen LogP contribution in [-0.2, 0) is 13.2 Å². The van der Waals surface area contributed by atoms with E-state index in [-0.39, 0.29) is 0 Å². The van der Waals surface area contributed by atoms with E-state index in [0.717, 1.165) is 33.7 Å². The summed E-state index contributed by atoms with van der Waals surface area (Å²) < 4.78 is 14.5. The number of nitrogens with zero attached hydrogens (tertiary/aromatic N) is 2. The SMILES string of the molecule is c1ccc2cc(OCCn3c(COc4ccc5ccccc5c4)nc4ccccc43)ccc2c1. The fraction of sp³-hybridized carbons (Fsp3) is 0.100. The second-order valence-corrected chi connectivity index (χ2v) is 8.32. The van der Waals surface area contributed by atoms with Crippen LogP contribution in [0.25, 0.3) is 32.6 Å². The predicted octanol–water partition coefficient (Wildman–Crippen LogP) is 7.00. The van der Waals surface area contributed by atoms with Crippen LogP contribution in [0.4, 0.5) is 0 Å². The van der Waals surface area contributed by atoms with E-state index in [1.54, 1.807) is 0 Å². The molecule has 0 amide bonds. The maximum atomic E-state index is 6.16. The highest BCUT2D eigenvalue weighted by atomic mass is 16.5. The van der Waals surface area contributed by atoms with Crippen LogP contribution in [0, 0.1) is 0 Å². The minimum absolute atomic E-state index is 0.392. The fourth-order valence-corrected chi connectivity index (χ4v) is 4.40. The summed E-state index contributed by atoms with van der Waals surface area (Å²) in [5, 5.41) is 4.76. The molecule has 0 bridgehead atoms. The van der Waals surface area contributed by atoms with Crippen LogP contribution in [0.3, 0.4) is 0 Å². The average molecular weight is 445 g/mol. The lowest BCUT2D eigenvalue weighted by Crippen LogP contribution is -2.13. The molecular weight excluding hydrogens is 420 g/mol. The quantitative estimate of drug-likeness (QED) is 0.266. The van der Waals surface area contributed by atoms with E-state index in [4.69, 9.17) is 14.5 Å². The number of rotatable bonds is 7. The lowest BCUT2D eigenvalue weighted by Gasteiger charge is -2.12. The highest BCUT2D eigenvalue weighted by molar-refractivity contribution is 5.84. The van der Waals surface area contributed by atoms with Gasteiger partial charge in [0.15, 0.2) is 0 Å². The summed E-state index contributed by atoms with van der Waals surface area (Å²) in [5.74, 6) is 2.60. The third-order valence-corrected chi connectivity index (χ3v) is 6.13. The number of hydrogen-bond acceptors (Lipinski definition) is 3. The standard InChI is InChI=1S/C30H24N2O2/c1-3-9-24-19-26(15-13-22(24)7-1)33-18-17-32-29-12-6-5-11-28(29)31-30(32)21-34-27-16-14-23-8-2-4-10-25(23)20-27/h1-16,19-20H,17-18,21H2. The Hall–Kier alpha value is -4.31. The number of hydrogen-bond donors (Lipinski definition) is 0. The Labute approximate surface area is 198 Å². The zero-order valence-electron chi connectivity index (χ0n) is 18.7. The molecule has 34 heavy (non-hydrogen) atoms. The Bertz CT molecular complexity index is 1600. The topological polar surface area (TPSA) is 36.3 Å². The highest BCUT2D eigenvalue weighted by Crippen LogP contribution is 2.24. The zero-order chi connectivity index (χ0) is 22.7. The average Bonchev–Trinajstić information content (AvgIpc) is 3.25. The van der Waals surface area contributed by atoms with Gasteiger partial charge in [0, 0.05) is 0 Å². The maximum Gasteiger partial charge on any atom is 0.148 e. The molecule has 0 fully saturated rings. The number of para-hydroxylation sites is 2. The van der Waals surface area contributed by atoms with E-state index in [9.17, 15) is 0 Å². The molecule has 1 heterocycles. The first-order chi connectivity index (χ1) is 16.8. The number of ether oxygens (including phenoxy) is 2. The largest absolute Gasteiger partial charge is 0.492 e. The summed E-state index contributed by atoms with van der Waals surface area (Å²) in [6.45, 7) is 1.62. The van der Waals surface area contributed by atoms with Gasteiger partial charge in [-0.3, -0.25) is 0 Å². The molecular formula is C30H24N2O2. The smallest absolute Gasteiger partial charge is 0.148 e. The molecule has 166 valence electrons. The molecule has 0 saturated heterocycles. The Morgan fingerprint density at radius 1 is 0.588 bits per heavy atom. The van der Waals surface area contributed by atoms with Crippen molar-refractivity contribution in [2.24, 2.45) is 0 Å². The molecule has 1 aromatic heterocycles. The van der Waals surface area contributed by atoms with Gasteiger partial charge in [0.25, 0.3) is 0 Å². The van der Waals surface area contributed by atoms with Gasteiger partial charge in [-0.25, -0.2) is 4.98 Å². The Morgan fingerprint density at radius 2 is 1.18 bits per heavy atom. The molecule has 6 aromatic rings. The second kappa shape index (κ2) is 8.91. The Morgan fingerprint density at radius 3 is 1.88 bits per heavy atom. The highest BCUT2D eigenvalue weighted by Gasteiger charge is 2.12. The number of fused-ring (bicyclic) bond motifs is 3. The van der Waals surface area contributed by atoms with Crippen LogP contribution in [0.5, 0.6) is 11.5 Å².